The fourth-order valence-electron chi connectivity index (χ4n) is 4.62. The summed E-state index contributed by atoms with van der Waals surface area (Å²) in [6, 6.07) is 4.46. The Labute approximate surface area is 207 Å². The maximum atomic E-state index is 13.5. The van der Waals surface area contributed by atoms with Crippen LogP contribution in [-0.4, -0.2) is 84.8 Å². The van der Waals surface area contributed by atoms with Gasteiger partial charge in [0.2, 0.25) is 0 Å². The van der Waals surface area contributed by atoms with Crippen LogP contribution in [0.4, 0.5) is 5.69 Å². The summed E-state index contributed by atoms with van der Waals surface area (Å²) in [6.07, 6.45) is 4.41. The van der Waals surface area contributed by atoms with Crippen molar-refractivity contribution < 1.29 is 14.3 Å². The van der Waals surface area contributed by atoms with Gasteiger partial charge in [0, 0.05) is 44.0 Å². The number of fused-ring (bicyclic) bond motifs is 1. The normalized spacial score (nSPS) is 20.1. The van der Waals surface area contributed by atoms with Gasteiger partial charge in [-0.2, -0.15) is 0 Å². The quantitative estimate of drug-likeness (QED) is 0.578. The molecule has 2 fully saturated rings. The van der Waals surface area contributed by atoms with Gasteiger partial charge >= 0.3 is 5.97 Å². The van der Waals surface area contributed by atoms with Gasteiger partial charge in [-0.25, -0.2) is 4.98 Å². The maximum Gasteiger partial charge on any atom is 0.312 e. The van der Waals surface area contributed by atoms with Crippen molar-refractivity contribution in [1.29, 1.82) is 0 Å². The summed E-state index contributed by atoms with van der Waals surface area (Å²) in [5.74, 6) is 0.196. The van der Waals surface area contributed by atoms with Crippen LogP contribution in [-0.2, 0) is 16.3 Å². The third kappa shape index (κ3) is 5.78. The van der Waals surface area contributed by atoms with Gasteiger partial charge in [0.25, 0.3) is 5.56 Å². The van der Waals surface area contributed by atoms with Crippen LogP contribution in [0, 0.1) is 5.41 Å². The lowest BCUT2D eigenvalue weighted by Crippen LogP contribution is -2.36. The van der Waals surface area contributed by atoms with Crippen LogP contribution < -0.4 is 15.2 Å². The van der Waals surface area contributed by atoms with Crippen LogP contribution in [0.2, 0.25) is 0 Å². The zero-order valence-electron chi connectivity index (χ0n) is 21.9. The summed E-state index contributed by atoms with van der Waals surface area (Å²) in [5.41, 5.74) is 0.709. The first-order valence-electron chi connectivity index (χ1n) is 12.5. The standard InChI is InChI=1S/C26H39N5O4/c1-26(2,3)25(33)34-17-31-16-27-21-13-19(30-12-7-18(15-30)28(4)5)14-22(23(21)24(31)32)35-20-8-10-29(6)11-9-20/h13-14,16,18,20H,7-12,15,17H2,1-6H3. The molecule has 2 aliphatic heterocycles. The van der Waals surface area contributed by atoms with E-state index in [1.54, 1.807) is 20.8 Å². The average molecular weight is 486 g/mol. The molecule has 35 heavy (non-hydrogen) atoms. The largest absolute Gasteiger partial charge is 0.489 e. The molecule has 4 rings (SSSR count). The zero-order valence-corrected chi connectivity index (χ0v) is 21.9. The summed E-state index contributed by atoms with van der Waals surface area (Å²) in [4.78, 5) is 37.2. The second kappa shape index (κ2) is 10.1. The van der Waals surface area contributed by atoms with Crippen LogP contribution in [0.1, 0.15) is 40.0 Å². The minimum absolute atomic E-state index is 0.0459. The van der Waals surface area contributed by atoms with E-state index in [2.05, 4.69) is 40.8 Å². The van der Waals surface area contributed by atoms with Crippen LogP contribution in [0.15, 0.2) is 23.3 Å². The molecule has 9 nitrogen and oxygen atoms in total. The van der Waals surface area contributed by atoms with Gasteiger partial charge < -0.3 is 24.2 Å². The van der Waals surface area contributed by atoms with Gasteiger partial charge in [-0.3, -0.25) is 14.2 Å². The molecule has 192 valence electrons. The molecule has 0 saturated carbocycles. The number of likely N-dealkylation sites (tertiary alicyclic amines) is 1. The van der Waals surface area contributed by atoms with E-state index in [9.17, 15) is 9.59 Å². The fraction of sp³-hybridized carbons (Fsp3) is 0.654. The van der Waals surface area contributed by atoms with E-state index in [-0.39, 0.29) is 24.4 Å². The Balaban J connectivity index is 1.68. The highest BCUT2D eigenvalue weighted by Gasteiger charge is 2.27. The van der Waals surface area contributed by atoms with Gasteiger partial charge in [-0.15, -0.1) is 0 Å². The Morgan fingerprint density at radius 3 is 2.49 bits per heavy atom. The molecular formula is C26H39N5O4. The smallest absolute Gasteiger partial charge is 0.312 e. The Morgan fingerprint density at radius 2 is 1.86 bits per heavy atom. The third-order valence-corrected chi connectivity index (χ3v) is 7.04. The molecule has 0 bridgehead atoms. The molecule has 2 aromatic rings. The molecule has 0 spiro atoms. The molecule has 9 heteroatoms. The molecule has 1 atom stereocenters. The minimum atomic E-state index is -0.647. The van der Waals surface area contributed by atoms with Crippen molar-refractivity contribution in [2.45, 2.75) is 58.9 Å². The topological polar surface area (TPSA) is 80.1 Å². The van der Waals surface area contributed by atoms with Crippen molar-refractivity contribution in [1.82, 2.24) is 19.4 Å². The van der Waals surface area contributed by atoms with Crippen molar-refractivity contribution >= 4 is 22.6 Å². The van der Waals surface area contributed by atoms with E-state index in [1.807, 2.05) is 12.1 Å². The fourth-order valence-corrected chi connectivity index (χ4v) is 4.62. The molecule has 1 unspecified atom stereocenters. The van der Waals surface area contributed by atoms with E-state index in [0.29, 0.717) is 22.7 Å². The lowest BCUT2D eigenvalue weighted by atomic mass is 9.98. The molecule has 0 radical (unpaired) electrons. The number of carbonyl (C=O) groups is 1. The maximum absolute atomic E-state index is 13.5. The number of hydrogen-bond acceptors (Lipinski definition) is 8. The van der Waals surface area contributed by atoms with Crippen LogP contribution >= 0.6 is 0 Å². The number of nitrogens with zero attached hydrogens (tertiary/aromatic N) is 5. The van der Waals surface area contributed by atoms with E-state index >= 15 is 0 Å². The third-order valence-electron chi connectivity index (χ3n) is 7.04. The first-order valence-corrected chi connectivity index (χ1v) is 12.5. The molecular weight excluding hydrogens is 446 g/mol. The lowest BCUT2D eigenvalue weighted by Gasteiger charge is -2.30. The number of likely N-dealkylation sites (N-methyl/N-ethyl adjacent to an activating group) is 1. The number of piperidine rings is 1. The van der Waals surface area contributed by atoms with Gasteiger partial charge in [0.05, 0.1) is 10.9 Å². The number of carbonyl (C=O) groups excluding carboxylic acids is 1. The van der Waals surface area contributed by atoms with Crippen molar-refractivity contribution in [2.24, 2.45) is 5.41 Å². The van der Waals surface area contributed by atoms with Crippen molar-refractivity contribution in [3.8, 4) is 5.75 Å². The molecule has 1 aromatic heterocycles. The Bertz CT molecular complexity index is 1120. The molecule has 2 saturated heterocycles. The van der Waals surface area contributed by atoms with Crippen LogP contribution in [0.5, 0.6) is 5.75 Å². The van der Waals surface area contributed by atoms with Crippen LogP contribution in [0.3, 0.4) is 0 Å². The minimum Gasteiger partial charge on any atom is -0.489 e. The predicted molar refractivity (Wildman–Crippen MR) is 137 cm³/mol. The van der Waals surface area contributed by atoms with E-state index in [4.69, 9.17) is 9.47 Å². The van der Waals surface area contributed by atoms with E-state index < -0.39 is 5.41 Å². The number of aromatic nitrogens is 2. The lowest BCUT2D eigenvalue weighted by molar-refractivity contribution is -0.157. The highest BCUT2D eigenvalue weighted by atomic mass is 16.5. The summed E-state index contributed by atoms with van der Waals surface area (Å²) in [7, 11) is 6.33. The molecule has 2 aliphatic rings. The summed E-state index contributed by atoms with van der Waals surface area (Å²) in [5, 5.41) is 0.436. The van der Waals surface area contributed by atoms with Gasteiger partial charge in [-0.05, 0) is 67.2 Å². The molecule has 1 aromatic carbocycles. The highest BCUT2D eigenvalue weighted by Crippen LogP contribution is 2.33. The Kier molecular flexibility index (Phi) is 7.38. The van der Waals surface area contributed by atoms with Crippen molar-refractivity contribution in [3.05, 3.63) is 28.8 Å². The average Bonchev–Trinajstić information content (AvgIpc) is 3.30. The molecule has 3 heterocycles. The van der Waals surface area contributed by atoms with E-state index in [0.717, 1.165) is 51.1 Å². The second-order valence-electron chi connectivity index (χ2n) is 11.1. The monoisotopic (exact) mass is 485 g/mol. The summed E-state index contributed by atoms with van der Waals surface area (Å²) < 4.78 is 13.2. The first-order chi connectivity index (χ1) is 16.5. The zero-order chi connectivity index (χ0) is 25.3. The SMILES string of the molecule is CN1CCC(Oc2cc(N3CCC(N(C)C)C3)cc3ncn(COC(=O)C(C)(C)C)c(=O)c23)CC1. The first kappa shape index (κ1) is 25.4. The number of anilines is 1. The molecule has 0 amide bonds. The number of hydrogen-bond donors (Lipinski definition) is 0. The Hall–Kier alpha value is -2.65. The Morgan fingerprint density at radius 1 is 1.14 bits per heavy atom. The van der Waals surface area contributed by atoms with Crippen LogP contribution in [0.25, 0.3) is 10.9 Å². The number of esters is 1. The summed E-state index contributed by atoms with van der Waals surface area (Å²) in [6.45, 7) is 8.97. The molecule has 0 aliphatic carbocycles. The van der Waals surface area contributed by atoms with Gasteiger partial charge in [0.15, 0.2) is 6.73 Å². The number of rotatable bonds is 6. The van der Waals surface area contributed by atoms with Gasteiger partial charge in [0.1, 0.15) is 23.6 Å². The highest BCUT2D eigenvalue weighted by molar-refractivity contribution is 5.88. The number of benzene rings is 1. The second-order valence-corrected chi connectivity index (χ2v) is 11.1. The van der Waals surface area contributed by atoms with Gasteiger partial charge in [-0.1, -0.05) is 0 Å². The molecule has 0 N–H and O–H groups in total. The predicted octanol–water partition coefficient (Wildman–Crippen LogP) is 2.56. The number of ether oxygens (including phenoxy) is 2. The van der Waals surface area contributed by atoms with Crippen molar-refractivity contribution in [3.63, 3.8) is 0 Å². The summed E-state index contributed by atoms with van der Waals surface area (Å²) >= 11 is 0. The van der Waals surface area contributed by atoms with Crippen molar-refractivity contribution in [2.75, 3.05) is 52.2 Å². The van der Waals surface area contributed by atoms with E-state index in [1.165, 1.54) is 10.9 Å².